The lowest BCUT2D eigenvalue weighted by Gasteiger charge is -2.41. The molecule has 0 aromatic heterocycles. The summed E-state index contributed by atoms with van der Waals surface area (Å²) in [5, 5.41) is 12.6. The van der Waals surface area contributed by atoms with E-state index in [9.17, 15) is 9.90 Å². The van der Waals surface area contributed by atoms with E-state index in [1.54, 1.807) is 6.92 Å². The molecule has 0 spiro atoms. The molecule has 4 nitrogen and oxygen atoms in total. The van der Waals surface area contributed by atoms with Gasteiger partial charge in [-0.15, -0.1) is 0 Å². The number of nitrogens with one attached hydrogen (secondary N) is 1. The maximum absolute atomic E-state index is 11.3. The van der Waals surface area contributed by atoms with Gasteiger partial charge in [-0.3, -0.25) is 10.1 Å². The summed E-state index contributed by atoms with van der Waals surface area (Å²) < 4.78 is 5.01. The highest BCUT2D eigenvalue weighted by molar-refractivity contribution is 5.78. The molecule has 0 aromatic rings. The van der Waals surface area contributed by atoms with Gasteiger partial charge >= 0.3 is 5.97 Å². The van der Waals surface area contributed by atoms with E-state index >= 15 is 0 Å². The van der Waals surface area contributed by atoms with Crippen LogP contribution in [-0.2, 0) is 9.53 Å². The second-order valence-corrected chi connectivity index (χ2v) is 5.32. The Hall–Kier alpha value is -0.610. The summed E-state index contributed by atoms with van der Waals surface area (Å²) in [5.41, 5.74) is -1.05. The molecule has 1 fully saturated rings. The van der Waals surface area contributed by atoms with E-state index in [4.69, 9.17) is 4.74 Å². The molecule has 0 bridgehead atoms. The molecule has 0 aliphatic heterocycles. The lowest BCUT2D eigenvalue weighted by atomic mass is 9.81. The van der Waals surface area contributed by atoms with E-state index in [-0.39, 0.29) is 12.1 Å². The Bertz CT molecular complexity index is 249. The molecule has 1 atom stereocenters. The summed E-state index contributed by atoms with van der Waals surface area (Å²) >= 11 is 0. The maximum Gasteiger partial charge on any atom is 0.326 e. The fourth-order valence-electron chi connectivity index (χ4n) is 2.56. The van der Waals surface area contributed by atoms with E-state index in [1.165, 1.54) is 26.4 Å². The molecule has 0 heterocycles. The number of carboxylic acid groups (broad SMARTS) is 1. The van der Waals surface area contributed by atoms with Gasteiger partial charge in [-0.2, -0.15) is 0 Å². The van der Waals surface area contributed by atoms with Crippen LogP contribution in [0.4, 0.5) is 0 Å². The highest BCUT2D eigenvalue weighted by Crippen LogP contribution is 2.29. The van der Waals surface area contributed by atoms with Gasteiger partial charge in [0, 0.05) is 12.6 Å². The van der Waals surface area contributed by atoms with Gasteiger partial charge in [0.25, 0.3) is 0 Å². The number of hydrogen-bond donors (Lipinski definition) is 2. The SMILES string of the molecule is COCC(C)(NC1(C)CCCCC1)C(=O)O. The van der Waals surface area contributed by atoms with Crippen LogP contribution in [0.15, 0.2) is 0 Å². The Labute approximate surface area is 97.4 Å². The molecule has 0 radical (unpaired) electrons. The van der Waals surface area contributed by atoms with Gasteiger partial charge in [-0.1, -0.05) is 19.3 Å². The van der Waals surface area contributed by atoms with Crippen LogP contribution in [-0.4, -0.2) is 35.9 Å². The van der Waals surface area contributed by atoms with Crippen LogP contribution in [0.25, 0.3) is 0 Å². The van der Waals surface area contributed by atoms with Gasteiger partial charge in [-0.05, 0) is 26.7 Å². The molecule has 1 saturated carbocycles. The van der Waals surface area contributed by atoms with Gasteiger partial charge < -0.3 is 9.84 Å². The maximum atomic E-state index is 11.3. The zero-order chi connectivity index (χ0) is 12.2. The normalized spacial score (nSPS) is 23.7. The molecule has 0 saturated heterocycles. The summed E-state index contributed by atoms with van der Waals surface area (Å²) in [6, 6.07) is 0. The zero-order valence-electron chi connectivity index (χ0n) is 10.5. The van der Waals surface area contributed by atoms with Crippen LogP contribution in [0.1, 0.15) is 46.0 Å². The average molecular weight is 229 g/mol. The van der Waals surface area contributed by atoms with Crippen molar-refractivity contribution < 1.29 is 14.6 Å². The molecule has 94 valence electrons. The third kappa shape index (κ3) is 3.19. The number of rotatable bonds is 5. The third-order valence-electron chi connectivity index (χ3n) is 3.44. The predicted octanol–water partition coefficient (Wildman–Crippen LogP) is 1.79. The second-order valence-electron chi connectivity index (χ2n) is 5.32. The number of aliphatic carboxylic acids is 1. The molecule has 2 N–H and O–H groups in total. The van der Waals surface area contributed by atoms with Gasteiger partial charge in [0.1, 0.15) is 5.54 Å². The smallest absolute Gasteiger partial charge is 0.326 e. The Morgan fingerprint density at radius 2 is 2.00 bits per heavy atom. The minimum Gasteiger partial charge on any atom is -0.480 e. The van der Waals surface area contributed by atoms with Crippen molar-refractivity contribution in [3.05, 3.63) is 0 Å². The van der Waals surface area contributed by atoms with Crippen molar-refractivity contribution in [2.75, 3.05) is 13.7 Å². The molecular formula is C12H23NO3. The number of carbonyl (C=O) groups is 1. The number of hydrogen-bond acceptors (Lipinski definition) is 3. The van der Waals surface area contributed by atoms with Gasteiger partial charge in [0.2, 0.25) is 0 Å². The van der Waals surface area contributed by atoms with Crippen molar-refractivity contribution in [2.24, 2.45) is 0 Å². The summed E-state index contributed by atoms with van der Waals surface area (Å²) in [6.45, 7) is 4.00. The minimum atomic E-state index is -0.985. The Morgan fingerprint density at radius 1 is 1.44 bits per heavy atom. The minimum absolute atomic E-state index is 0.0656. The molecule has 0 amide bonds. The summed E-state index contributed by atoms with van der Waals surface area (Å²) in [7, 11) is 1.53. The van der Waals surface area contributed by atoms with E-state index < -0.39 is 11.5 Å². The van der Waals surface area contributed by atoms with Crippen molar-refractivity contribution >= 4 is 5.97 Å². The van der Waals surface area contributed by atoms with Crippen molar-refractivity contribution in [1.29, 1.82) is 0 Å². The molecule has 1 aliphatic rings. The molecule has 16 heavy (non-hydrogen) atoms. The lowest BCUT2D eigenvalue weighted by molar-refractivity contribution is -0.147. The van der Waals surface area contributed by atoms with Crippen molar-refractivity contribution in [3.63, 3.8) is 0 Å². The van der Waals surface area contributed by atoms with E-state index in [2.05, 4.69) is 12.2 Å². The highest BCUT2D eigenvalue weighted by Gasteiger charge is 2.40. The molecule has 4 heteroatoms. The molecule has 1 unspecified atom stereocenters. The Morgan fingerprint density at radius 3 is 2.44 bits per heavy atom. The summed E-state index contributed by atoms with van der Waals surface area (Å²) in [5.74, 6) is -0.846. The van der Waals surface area contributed by atoms with Crippen molar-refractivity contribution in [1.82, 2.24) is 5.32 Å². The third-order valence-corrected chi connectivity index (χ3v) is 3.44. The molecule has 1 aliphatic carbocycles. The van der Waals surface area contributed by atoms with Gasteiger partial charge in [-0.25, -0.2) is 0 Å². The number of carboxylic acids is 1. The molecule has 1 rings (SSSR count). The molecular weight excluding hydrogens is 206 g/mol. The van der Waals surface area contributed by atoms with Gasteiger partial charge in [0.05, 0.1) is 6.61 Å². The Balaban J connectivity index is 2.70. The largest absolute Gasteiger partial charge is 0.480 e. The van der Waals surface area contributed by atoms with Crippen LogP contribution in [0.2, 0.25) is 0 Å². The van der Waals surface area contributed by atoms with Crippen LogP contribution in [0.5, 0.6) is 0 Å². The first-order valence-corrected chi connectivity index (χ1v) is 5.94. The van der Waals surface area contributed by atoms with Crippen LogP contribution in [0, 0.1) is 0 Å². The quantitative estimate of drug-likeness (QED) is 0.754. The first kappa shape index (κ1) is 13.5. The lowest BCUT2D eigenvalue weighted by Crippen LogP contribution is -2.62. The van der Waals surface area contributed by atoms with E-state index in [0.29, 0.717) is 0 Å². The number of ether oxygens (including phenoxy) is 1. The first-order chi connectivity index (χ1) is 7.42. The Kier molecular flexibility index (Phi) is 4.33. The van der Waals surface area contributed by atoms with Crippen LogP contribution in [0.3, 0.4) is 0 Å². The zero-order valence-corrected chi connectivity index (χ0v) is 10.5. The monoisotopic (exact) mass is 229 g/mol. The highest BCUT2D eigenvalue weighted by atomic mass is 16.5. The average Bonchev–Trinajstić information content (AvgIpc) is 2.17. The predicted molar refractivity (Wildman–Crippen MR) is 62.5 cm³/mol. The van der Waals surface area contributed by atoms with Crippen molar-refractivity contribution in [2.45, 2.75) is 57.0 Å². The van der Waals surface area contributed by atoms with Crippen molar-refractivity contribution in [3.8, 4) is 0 Å². The van der Waals surface area contributed by atoms with E-state index in [1.807, 2.05) is 0 Å². The van der Waals surface area contributed by atoms with Gasteiger partial charge in [0.15, 0.2) is 0 Å². The first-order valence-electron chi connectivity index (χ1n) is 5.94. The summed E-state index contributed by atoms with van der Waals surface area (Å²) in [6.07, 6.45) is 5.68. The standard InChI is InChI=1S/C12H23NO3/c1-11(7-5-4-6-8-11)13-12(2,9-16-3)10(14)15/h13H,4-9H2,1-3H3,(H,14,15). The topological polar surface area (TPSA) is 58.6 Å². The van der Waals surface area contributed by atoms with Crippen LogP contribution < -0.4 is 5.32 Å². The van der Waals surface area contributed by atoms with E-state index in [0.717, 1.165) is 12.8 Å². The number of methoxy groups -OCH3 is 1. The summed E-state index contributed by atoms with van der Waals surface area (Å²) in [4.78, 5) is 11.3. The fraction of sp³-hybridized carbons (Fsp3) is 0.917. The van der Waals surface area contributed by atoms with Crippen LogP contribution >= 0.6 is 0 Å². The second kappa shape index (κ2) is 5.15. The molecule has 0 aromatic carbocycles. The fourth-order valence-corrected chi connectivity index (χ4v) is 2.56.